The highest BCUT2D eigenvalue weighted by molar-refractivity contribution is 5.85. The summed E-state index contributed by atoms with van der Waals surface area (Å²) in [6.45, 7) is 1.00. The minimum absolute atomic E-state index is 0. The van der Waals surface area contributed by atoms with E-state index in [4.69, 9.17) is 0 Å². The first-order valence-corrected chi connectivity index (χ1v) is 5.61. The highest BCUT2D eigenvalue weighted by atomic mass is 35.5. The SMILES string of the molecule is Cl.O=[N+]([O-])c1ccc2nc([C@H]3CCCN3)[nH]c2c1. The van der Waals surface area contributed by atoms with Crippen molar-refractivity contribution in [2.45, 2.75) is 18.9 Å². The van der Waals surface area contributed by atoms with Crippen molar-refractivity contribution in [3.05, 3.63) is 34.1 Å². The van der Waals surface area contributed by atoms with Crippen molar-refractivity contribution in [1.29, 1.82) is 0 Å². The molecule has 0 radical (unpaired) electrons. The van der Waals surface area contributed by atoms with Crippen molar-refractivity contribution in [3.8, 4) is 0 Å². The molecule has 6 nitrogen and oxygen atoms in total. The molecule has 96 valence electrons. The third-order valence-corrected chi connectivity index (χ3v) is 3.08. The molecule has 0 unspecified atom stereocenters. The molecule has 7 heteroatoms. The molecule has 0 saturated carbocycles. The first kappa shape index (κ1) is 12.8. The lowest BCUT2D eigenvalue weighted by molar-refractivity contribution is -0.384. The number of aromatic amines is 1. The van der Waals surface area contributed by atoms with Crippen LogP contribution in [0.1, 0.15) is 24.7 Å². The molecule has 1 fully saturated rings. The van der Waals surface area contributed by atoms with Gasteiger partial charge < -0.3 is 10.3 Å². The summed E-state index contributed by atoms with van der Waals surface area (Å²) < 4.78 is 0. The van der Waals surface area contributed by atoms with Gasteiger partial charge in [-0.15, -0.1) is 12.4 Å². The van der Waals surface area contributed by atoms with Gasteiger partial charge >= 0.3 is 0 Å². The van der Waals surface area contributed by atoms with Crippen molar-refractivity contribution >= 4 is 29.1 Å². The summed E-state index contributed by atoms with van der Waals surface area (Å²) in [5, 5.41) is 14.0. The summed E-state index contributed by atoms with van der Waals surface area (Å²) in [6, 6.07) is 4.94. The summed E-state index contributed by atoms with van der Waals surface area (Å²) in [4.78, 5) is 17.9. The molecule has 1 aliphatic rings. The number of benzene rings is 1. The topological polar surface area (TPSA) is 83.8 Å². The summed E-state index contributed by atoms with van der Waals surface area (Å²) >= 11 is 0. The molecule has 1 aromatic heterocycles. The Bertz CT molecular complexity index is 577. The summed E-state index contributed by atoms with van der Waals surface area (Å²) in [6.07, 6.45) is 2.20. The number of hydrogen-bond donors (Lipinski definition) is 2. The fourth-order valence-electron chi connectivity index (χ4n) is 2.21. The average molecular weight is 269 g/mol. The molecule has 0 bridgehead atoms. The van der Waals surface area contributed by atoms with E-state index < -0.39 is 4.92 Å². The molecule has 0 spiro atoms. The highest BCUT2D eigenvalue weighted by Crippen LogP contribution is 2.25. The van der Waals surface area contributed by atoms with Crippen LogP contribution in [-0.4, -0.2) is 21.4 Å². The number of nitro groups is 1. The van der Waals surface area contributed by atoms with Gasteiger partial charge in [0.05, 0.1) is 22.0 Å². The first-order valence-electron chi connectivity index (χ1n) is 5.61. The van der Waals surface area contributed by atoms with Gasteiger partial charge in [0.2, 0.25) is 0 Å². The van der Waals surface area contributed by atoms with E-state index in [1.165, 1.54) is 12.1 Å². The number of non-ortho nitro benzene ring substituents is 1. The van der Waals surface area contributed by atoms with Crippen LogP contribution in [0.2, 0.25) is 0 Å². The molecule has 3 rings (SSSR count). The number of hydrogen-bond acceptors (Lipinski definition) is 4. The van der Waals surface area contributed by atoms with Gasteiger partial charge in [-0.25, -0.2) is 4.98 Å². The molecular weight excluding hydrogens is 256 g/mol. The van der Waals surface area contributed by atoms with Crippen LogP contribution in [0.4, 0.5) is 5.69 Å². The summed E-state index contributed by atoms with van der Waals surface area (Å²) in [7, 11) is 0. The fourth-order valence-corrected chi connectivity index (χ4v) is 2.21. The van der Waals surface area contributed by atoms with Crippen LogP contribution in [0.25, 0.3) is 11.0 Å². The number of nitrogens with one attached hydrogen (secondary N) is 2. The normalized spacial score (nSPS) is 18.8. The maximum Gasteiger partial charge on any atom is 0.271 e. The highest BCUT2D eigenvalue weighted by Gasteiger charge is 2.20. The number of rotatable bonds is 2. The van der Waals surface area contributed by atoms with Gasteiger partial charge in [0, 0.05) is 12.1 Å². The zero-order valence-electron chi connectivity index (χ0n) is 9.55. The molecule has 18 heavy (non-hydrogen) atoms. The van der Waals surface area contributed by atoms with Gasteiger partial charge in [-0.05, 0) is 25.5 Å². The molecule has 1 saturated heterocycles. The maximum absolute atomic E-state index is 10.7. The molecule has 0 aliphatic carbocycles. The quantitative estimate of drug-likeness (QED) is 0.647. The Balaban J connectivity index is 0.00000120. The standard InChI is InChI=1S/C11H12N4O2.ClH/c16-15(17)7-3-4-8-10(6-7)14-11(13-8)9-2-1-5-12-9;/h3-4,6,9,12H,1-2,5H2,(H,13,14);1H/t9-;/m1./s1. The Morgan fingerprint density at radius 2 is 2.28 bits per heavy atom. The van der Waals surface area contributed by atoms with E-state index in [0.29, 0.717) is 0 Å². The second-order valence-corrected chi connectivity index (χ2v) is 4.23. The number of aromatic nitrogens is 2. The predicted molar refractivity (Wildman–Crippen MR) is 70.0 cm³/mol. The lowest BCUT2D eigenvalue weighted by atomic mass is 10.2. The van der Waals surface area contributed by atoms with Crippen molar-refractivity contribution in [2.75, 3.05) is 6.54 Å². The largest absolute Gasteiger partial charge is 0.340 e. The van der Waals surface area contributed by atoms with E-state index in [9.17, 15) is 10.1 Å². The summed E-state index contributed by atoms with van der Waals surface area (Å²) in [5.41, 5.74) is 1.59. The van der Waals surface area contributed by atoms with Crippen molar-refractivity contribution in [1.82, 2.24) is 15.3 Å². The van der Waals surface area contributed by atoms with Gasteiger partial charge in [-0.1, -0.05) is 0 Å². The predicted octanol–water partition coefficient (Wildman–Crippen LogP) is 2.32. The van der Waals surface area contributed by atoms with Crippen molar-refractivity contribution in [2.24, 2.45) is 0 Å². The number of H-pyrrole nitrogens is 1. The lowest BCUT2D eigenvalue weighted by Gasteiger charge is -2.04. The third kappa shape index (κ3) is 2.16. The van der Waals surface area contributed by atoms with Crippen LogP contribution in [0.15, 0.2) is 18.2 Å². The van der Waals surface area contributed by atoms with Gasteiger partial charge in [-0.3, -0.25) is 10.1 Å². The smallest absolute Gasteiger partial charge is 0.271 e. The van der Waals surface area contributed by atoms with Gasteiger partial charge in [0.1, 0.15) is 5.82 Å². The van der Waals surface area contributed by atoms with Gasteiger partial charge in [-0.2, -0.15) is 0 Å². The van der Waals surface area contributed by atoms with Crippen LogP contribution in [0.5, 0.6) is 0 Å². The Morgan fingerprint density at radius 1 is 1.44 bits per heavy atom. The van der Waals surface area contributed by atoms with Crippen LogP contribution in [-0.2, 0) is 0 Å². The molecule has 0 amide bonds. The van der Waals surface area contributed by atoms with E-state index in [1.54, 1.807) is 6.07 Å². The molecule has 2 aromatic rings. The average Bonchev–Trinajstić information content (AvgIpc) is 2.96. The number of nitro benzene ring substituents is 1. The number of fused-ring (bicyclic) bond motifs is 1. The van der Waals surface area contributed by atoms with E-state index in [2.05, 4.69) is 15.3 Å². The van der Waals surface area contributed by atoms with E-state index in [1.807, 2.05) is 0 Å². The Kier molecular flexibility index (Phi) is 3.49. The number of nitrogens with zero attached hydrogens (tertiary/aromatic N) is 2. The van der Waals surface area contributed by atoms with E-state index in [0.717, 1.165) is 36.2 Å². The van der Waals surface area contributed by atoms with Crippen LogP contribution in [0.3, 0.4) is 0 Å². The second kappa shape index (κ2) is 4.91. The molecule has 2 heterocycles. The minimum atomic E-state index is -0.395. The second-order valence-electron chi connectivity index (χ2n) is 4.23. The molecule has 1 aliphatic heterocycles. The van der Waals surface area contributed by atoms with Gasteiger partial charge in [0.25, 0.3) is 5.69 Å². The summed E-state index contributed by atoms with van der Waals surface area (Å²) in [5.74, 6) is 0.873. The van der Waals surface area contributed by atoms with Crippen LogP contribution < -0.4 is 5.32 Å². The lowest BCUT2D eigenvalue weighted by Crippen LogP contribution is -2.13. The van der Waals surface area contributed by atoms with Crippen molar-refractivity contribution < 1.29 is 4.92 Å². The zero-order valence-corrected chi connectivity index (χ0v) is 10.4. The Hall–Kier alpha value is -1.66. The minimum Gasteiger partial charge on any atom is -0.340 e. The van der Waals surface area contributed by atoms with Gasteiger partial charge in [0.15, 0.2) is 0 Å². The maximum atomic E-state index is 10.7. The van der Waals surface area contributed by atoms with E-state index in [-0.39, 0.29) is 24.1 Å². The molecule has 1 atom stereocenters. The molecular formula is C11H13ClN4O2. The van der Waals surface area contributed by atoms with Crippen LogP contribution >= 0.6 is 12.4 Å². The van der Waals surface area contributed by atoms with Crippen LogP contribution in [0, 0.1) is 10.1 Å². The Labute approximate surface area is 109 Å². The van der Waals surface area contributed by atoms with E-state index >= 15 is 0 Å². The van der Waals surface area contributed by atoms with Crippen molar-refractivity contribution in [3.63, 3.8) is 0 Å². The number of imidazole rings is 1. The zero-order chi connectivity index (χ0) is 11.8. The fraction of sp³-hybridized carbons (Fsp3) is 0.364. The first-order chi connectivity index (χ1) is 8.24. The number of halogens is 1. The monoisotopic (exact) mass is 268 g/mol. The molecule has 2 N–H and O–H groups in total. The Morgan fingerprint density at radius 3 is 2.94 bits per heavy atom. The third-order valence-electron chi connectivity index (χ3n) is 3.08. The molecule has 1 aromatic carbocycles.